The molecule has 0 atom stereocenters. The van der Waals surface area contributed by atoms with E-state index >= 15 is 0 Å². The summed E-state index contributed by atoms with van der Waals surface area (Å²) in [6.07, 6.45) is 2.95. The van der Waals surface area contributed by atoms with Gasteiger partial charge in [-0.3, -0.25) is 9.69 Å². The molecule has 1 aliphatic heterocycles. The number of aromatic amines is 1. The van der Waals surface area contributed by atoms with Crippen LogP contribution in [0, 0.1) is 0 Å². The molecule has 1 aromatic carbocycles. The smallest absolute Gasteiger partial charge is 0.254 e. The standard InChI is InChI=1S/C20H25N3O4/c1-25-16-9-18(27-3)17(26-2)8-13(16)10-23-7-6-14-15(11-23)21-19(12-4-5-12)22-20(14)24/h8-9,12H,4-7,10-11H2,1-3H3,(H,21,22,24). The van der Waals surface area contributed by atoms with Crippen LogP contribution in [0.1, 0.15) is 41.4 Å². The average Bonchev–Trinajstić information content (AvgIpc) is 3.52. The first kappa shape index (κ1) is 17.9. The van der Waals surface area contributed by atoms with Gasteiger partial charge in [0.1, 0.15) is 11.6 Å². The van der Waals surface area contributed by atoms with Crippen LogP contribution in [0.25, 0.3) is 0 Å². The number of rotatable bonds is 6. The molecule has 1 fully saturated rings. The lowest BCUT2D eigenvalue weighted by Crippen LogP contribution is -2.35. The highest BCUT2D eigenvalue weighted by atomic mass is 16.5. The van der Waals surface area contributed by atoms with Crippen molar-refractivity contribution in [2.24, 2.45) is 0 Å². The Kier molecular flexibility index (Phi) is 4.78. The minimum atomic E-state index is 0.0326. The maximum absolute atomic E-state index is 12.4. The summed E-state index contributed by atoms with van der Waals surface area (Å²) >= 11 is 0. The summed E-state index contributed by atoms with van der Waals surface area (Å²) in [6, 6.07) is 3.80. The highest BCUT2D eigenvalue weighted by Gasteiger charge is 2.29. The van der Waals surface area contributed by atoms with Gasteiger partial charge in [-0.1, -0.05) is 0 Å². The summed E-state index contributed by atoms with van der Waals surface area (Å²) in [4.78, 5) is 22.4. The van der Waals surface area contributed by atoms with Gasteiger partial charge in [-0.05, 0) is 25.3 Å². The molecule has 1 saturated carbocycles. The molecule has 1 aromatic heterocycles. The summed E-state index contributed by atoms with van der Waals surface area (Å²) in [6.45, 7) is 2.16. The van der Waals surface area contributed by atoms with Gasteiger partial charge in [-0.25, -0.2) is 4.98 Å². The molecular weight excluding hydrogens is 346 g/mol. The van der Waals surface area contributed by atoms with Gasteiger partial charge in [0, 0.05) is 42.7 Å². The van der Waals surface area contributed by atoms with Gasteiger partial charge in [0.15, 0.2) is 11.5 Å². The number of ether oxygens (including phenoxy) is 3. The molecule has 0 unspecified atom stereocenters. The number of methoxy groups -OCH3 is 3. The van der Waals surface area contributed by atoms with Crippen molar-refractivity contribution >= 4 is 0 Å². The Morgan fingerprint density at radius 3 is 2.48 bits per heavy atom. The summed E-state index contributed by atoms with van der Waals surface area (Å²) in [5.74, 6) is 3.37. The van der Waals surface area contributed by atoms with Crippen molar-refractivity contribution in [2.45, 2.75) is 38.3 Å². The van der Waals surface area contributed by atoms with Crippen LogP contribution >= 0.6 is 0 Å². The van der Waals surface area contributed by atoms with Crippen molar-refractivity contribution in [1.29, 1.82) is 0 Å². The molecule has 0 saturated heterocycles. The molecule has 0 amide bonds. The molecular formula is C20H25N3O4. The van der Waals surface area contributed by atoms with Crippen molar-refractivity contribution in [1.82, 2.24) is 14.9 Å². The van der Waals surface area contributed by atoms with Crippen LogP contribution in [0.15, 0.2) is 16.9 Å². The molecule has 144 valence electrons. The van der Waals surface area contributed by atoms with Crippen LogP contribution in [-0.2, 0) is 19.5 Å². The summed E-state index contributed by atoms with van der Waals surface area (Å²) < 4.78 is 16.3. The maximum Gasteiger partial charge on any atom is 0.254 e. The minimum absolute atomic E-state index is 0.0326. The minimum Gasteiger partial charge on any atom is -0.496 e. The van der Waals surface area contributed by atoms with Gasteiger partial charge in [-0.15, -0.1) is 0 Å². The summed E-state index contributed by atoms with van der Waals surface area (Å²) in [5, 5.41) is 0. The van der Waals surface area contributed by atoms with Gasteiger partial charge in [-0.2, -0.15) is 0 Å². The van der Waals surface area contributed by atoms with E-state index in [2.05, 4.69) is 9.88 Å². The zero-order valence-electron chi connectivity index (χ0n) is 16.0. The zero-order valence-corrected chi connectivity index (χ0v) is 16.0. The highest BCUT2D eigenvalue weighted by molar-refractivity contribution is 5.50. The van der Waals surface area contributed by atoms with Gasteiger partial charge in [0.25, 0.3) is 5.56 Å². The topological polar surface area (TPSA) is 76.7 Å². The van der Waals surface area contributed by atoms with Crippen molar-refractivity contribution in [2.75, 3.05) is 27.9 Å². The van der Waals surface area contributed by atoms with E-state index in [1.165, 1.54) is 0 Å². The van der Waals surface area contributed by atoms with E-state index in [1.807, 2.05) is 12.1 Å². The number of H-pyrrole nitrogens is 1. The van der Waals surface area contributed by atoms with Gasteiger partial charge >= 0.3 is 0 Å². The number of nitrogens with one attached hydrogen (secondary N) is 1. The molecule has 27 heavy (non-hydrogen) atoms. The number of nitrogens with zero attached hydrogens (tertiary/aromatic N) is 2. The third-order valence-electron chi connectivity index (χ3n) is 5.32. The predicted molar refractivity (Wildman–Crippen MR) is 101 cm³/mol. The number of hydrogen-bond donors (Lipinski definition) is 1. The number of aromatic nitrogens is 2. The van der Waals surface area contributed by atoms with Crippen LogP contribution in [0.5, 0.6) is 17.2 Å². The maximum atomic E-state index is 12.4. The van der Waals surface area contributed by atoms with Gasteiger partial charge in [0.05, 0.1) is 27.0 Å². The first-order valence-electron chi connectivity index (χ1n) is 9.26. The monoisotopic (exact) mass is 371 g/mol. The first-order valence-corrected chi connectivity index (χ1v) is 9.26. The second-order valence-corrected chi connectivity index (χ2v) is 7.13. The van der Waals surface area contributed by atoms with E-state index in [0.717, 1.165) is 47.8 Å². The number of hydrogen-bond acceptors (Lipinski definition) is 6. The van der Waals surface area contributed by atoms with Gasteiger partial charge < -0.3 is 19.2 Å². The quantitative estimate of drug-likeness (QED) is 0.839. The predicted octanol–water partition coefficient (Wildman–Crippen LogP) is 2.23. The molecule has 2 aliphatic rings. The van der Waals surface area contributed by atoms with Crippen LogP contribution in [0.2, 0.25) is 0 Å². The van der Waals surface area contributed by atoms with Crippen LogP contribution in [0.3, 0.4) is 0 Å². The van der Waals surface area contributed by atoms with Gasteiger partial charge in [0.2, 0.25) is 0 Å². The molecule has 1 aliphatic carbocycles. The summed E-state index contributed by atoms with van der Waals surface area (Å²) in [7, 11) is 4.89. The zero-order chi connectivity index (χ0) is 19.0. The third kappa shape index (κ3) is 3.51. The largest absolute Gasteiger partial charge is 0.496 e. The van der Waals surface area contributed by atoms with Crippen molar-refractivity contribution < 1.29 is 14.2 Å². The molecule has 7 nitrogen and oxygen atoms in total. The average molecular weight is 371 g/mol. The third-order valence-corrected chi connectivity index (χ3v) is 5.32. The van der Waals surface area contributed by atoms with E-state index in [-0.39, 0.29) is 5.56 Å². The van der Waals surface area contributed by atoms with Crippen molar-refractivity contribution in [3.05, 3.63) is 45.1 Å². The number of benzene rings is 1. The fraction of sp³-hybridized carbons (Fsp3) is 0.500. The normalized spacial score (nSPS) is 16.7. The lowest BCUT2D eigenvalue weighted by Gasteiger charge is -2.28. The molecule has 7 heteroatoms. The molecule has 0 radical (unpaired) electrons. The second kappa shape index (κ2) is 7.23. The van der Waals surface area contributed by atoms with Crippen molar-refractivity contribution in [3.8, 4) is 17.2 Å². The van der Waals surface area contributed by atoms with E-state index in [4.69, 9.17) is 19.2 Å². The fourth-order valence-corrected chi connectivity index (χ4v) is 3.66. The van der Waals surface area contributed by atoms with E-state index in [0.29, 0.717) is 36.9 Å². The molecule has 2 aromatic rings. The Morgan fingerprint density at radius 1 is 1.11 bits per heavy atom. The molecule has 0 bridgehead atoms. The Bertz CT molecular complexity index is 905. The molecule has 4 rings (SSSR count). The Balaban J connectivity index is 1.59. The molecule has 2 heterocycles. The van der Waals surface area contributed by atoms with E-state index in [1.54, 1.807) is 21.3 Å². The second-order valence-electron chi connectivity index (χ2n) is 7.13. The summed E-state index contributed by atoms with van der Waals surface area (Å²) in [5.41, 5.74) is 2.79. The number of fused-ring (bicyclic) bond motifs is 1. The van der Waals surface area contributed by atoms with Crippen LogP contribution < -0.4 is 19.8 Å². The SMILES string of the molecule is COc1cc(OC)c(OC)cc1CN1CCc2c(nc(C3CC3)[nH]c2=O)C1. The van der Waals surface area contributed by atoms with Crippen molar-refractivity contribution in [3.63, 3.8) is 0 Å². The first-order chi connectivity index (χ1) is 13.1. The highest BCUT2D eigenvalue weighted by Crippen LogP contribution is 2.38. The molecule has 0 spiro atoms. The molecule has 1 N–H and O–H groups in total. The lowest BCUT2D eigenvalue weighted by atomic mass is 10.0. The van der Waals surface area contributed by atoms with E-state index in [9.17, 15) is 4.79 Å². The Hall–Kier alpha value is -2.54. The Labute approximate surface area is 158 Å². The van der Waals surface area contributed by atoms with Crippen LogP contribution in [0.4, 0.5) is 0 Å². The van der Waals surface area contributed by atoms with Crippen LogP contribution in [-0.4, -0.2) is 42.7 Å². The fourth-order valence-electron chi connectivity index (χ4n) is 3.66. The lowest BCUT2D eigenvalue weighted by molar-refractivity contribution is 0.235. The van der Waals surface area contributed by atoms with E-state index < -0.39 is 0 Å². The Morgan fingerprint density at radius 2 is 1.81 bits per heavy atom.